The highest BCUT2D eigenvalue weighted by atomic mass is 127. The van der Waals surface area contributed by atoms with Crippen LogP contribution in [0.15, 0.2) is 87.3 Å². The number of hydrazone groups is 1. The first-order valence-electron chi connectivity index (χ1n) is 9.61. The van der Waals surface area contributed by atoms with E-state index in [1.54, 1.807) is 43.3 Å². The van der Waals surface area contributed by atoms with Crippen LogP contribution < -0.4 is 9.73 Å². The maximum atomic E-state index is 13.4. The molecule has 0 spiro atoms. The molecule has 0 saturated carbocycles. The number of hydrogen-bond acceptors (Lipinski definition) is 4. The van der Waals surface area contributed by atoms with Crippen LogP contribution in [0.5, 0.6) is 0 Å². The number of amides is 1. The summed E-state index contributed by atoms with van der Waals surface area (Å²) in [5.41, 5.74) is 5.28. The van der Waals surface area contributed by atoms with Gasteiger partial charge in [0.25, 0.3) is 15.9 Å². The number of hydrogen-bond donors (Lipinski definition) is 1. The Morgan fingerprint density at radius 1 is 1.06 bits per heavy atom. The van der Waals surface area contributed by atoms with Crippen molar-refractivity contribution in [1.29, 1.82) is 0 Å². The number of carbonyl (C=O) groups excluding carboxylic acids is 1. The molecule has 166 valence electrons. The van der Waals surface area contributed by atoms with Gasteiger partial charge in [0.1, 0.15) is 6.54 Å². The molecule has 1 N–H and O–H groups in total. The maximum Gasteiger partial charge on any atom is 0.264 e. The molecule has 32 heavy (non-hydrogen) atoms. The highest BCUT2D eigenvalue weighted by Gasteiger charge is 2.27. The third-order valence-electron chi connectivity index (χ3n) is 4.60. The lowest BCUT2D eigenvalue weighted by molar-refractivity contribution is -0.119. The molecule has 9 heteroatoms. The minimum atomic E-state index is -3.97. The van der Waals surface area contributed by atoms with E-state index >= 15 is 0 Å². The van der Waals surface area contributed by atoms with Crippen LogP contribution in [0, 0.1) is 10.5 Å². The lowest BCUT2D eigenvalue weighted by atomic mass is 10.1. The van der Waals surface area contributed by atoms with Crippen molar-refractivity contribution < 1.29 is 13.2 Å². The molecule has 0 heterocycles. The molecular formula is C23H21BrIN3O3S. The maximum absolute atomic E-state index is 13.4. The highest BCUT2D eigenvalue weighted by molar-refractivity contribution is 14.1. The predicted octanol–water partition coefficient (Wildman–Crippen LogP) is 5.10. The Hall–Kier alpha value is -2.24. The first-order chi connectivity index (χ1) is 15.2. The Balaban J connectivity index is 1.87. The molecule has 0 unspecified atom stereocenters. The van der Waals surface area contributed by atoms with Gasteiger partial charge in [0.2, 0.25) is 0 Å². The minimum Gasteiger partial charge on any atom is -0.271 e. The Bertz CT molecular complexity index is 1240. The quantitative estimate of drug-likeness (QED) is 0.226. The summed E-state index contributed by atoms with van der Waals surface area (Å²) < 4.78 is 29.6. The average Bonchev–Trinajstić information content (AvgIpc) is 2.77. The summed E-state index contributed by atoms with van der Waals surface area (Å²) in [7, 11) is -3.97. The minimum absolute atomic E-state index is 0.109. The van der Waals surface area contributed by atoms with E-state index < -0.39 is 22.5 Å². The summed E-state index contributed by atoms with van der Waals surface area (Å²) >= 11 is 5.55. The first kappa shape index (κ1) is 24.4. The average molecular weight is 626 g/mol. The van der Waals surface area contributed by atoms with Gasteiger partial charge in [-0.15, -0.1) is 0 Å². The first-order valence-corrected chi connectivity index (χ1v) is 12.9. The monoisotopic (exact) mass is 625 g/mol. The number of rotatable bonds is 7. The fourth-order valence-corrected chi connectivity index (χ4v) is 5.08. The van der Waals surface area contributed by atoms with Crippen molar-refractivity contribution >= 4 is 65.9 Å². The molecule has 1 amide bonds. The van der Waals surface area contributed by atoms with Crippen LogP contribution in [0.25, 0.3) is 0 Å². The van der Waals surface area contributed by atoms with Crippen molar-refractivity contribution in [1.82, 2.24) is 5.43 Å². The molecule has 0 aromatic heterocycles. The SMILES string of the molecule is C/C(=N/NC(=O)CN(c1ccc(Br)cc1)S(=O)(=O)c1ccc(C)cc1)c1cccc(I)c1. The highest BCUT2D eigenvalue weighted by Crippen LogP contribution is 2.25. The fraction of sp³-hybridized carbons (Fsp3) is 0.130. The van der Waals surface area contributed by atoms with Gasteiger partial charge in [-0.25, -0.2) is 13.8 Å². The smallest absolute Gasteiger partial charge is 0.264 e. The van der Waals surface area contributed by atoms with Crippen molar-refractivity contribution in [2.45, 2.75) is 18.7 Å². The largest absolute Gasteiger partial charge is 0.271 e. The molecule has 0 saturated heterocycles. The van der Waals surface area contributed by atoms with E-state index in [0.29, 0.717) is 11.4 Å². The van der Waals surface area contributed by atoms with Gasteiger partial charge in [-0.3, -0.25) is 9.10 Å². The van der Waals surface area contributed by atoms with Crippen LogP contribution in [-0.4, -0.2) is 26.6 Å². The van der Waals surface area contributed by atoms with E-state index in [0.717, 1.165) is 23.5 Å². The van der Waals surface area contributed by atoms with Crippen molar-refractivity contribution in [3.63, 3.8) is 0 Å². The Morgan fingerprint density at radius 3 is 2.34 bits per heavy atom. The summed E-state index contributed by atoms with van der Waals surface area (Å²) in [6, 6.07) is 21.0. The van der Waals surface area contributed by atoms with E-state index in [1.807, 2.05) is 31.2 Å². The second-order valence-corrected chi connectivity index (χ2v) is 11.1. The van der Waals surface area contributed by atoms with E-state index in [9.17, 15) is 13.2 Å². The molecule has 0 bridgehead atoms. The second-order valence-electron chi connectivity index (χ2n) is 7.04. The fourth-order valence-electron chi connectivity index (χ4n) is 2.85. The third kappa shape index (κ3) is 6.17. The molecule has 3 aromatic carbocycles. The summed E-state index contributed by atoms with van der Waals surface area (Å²) in [5, 5.41) is 4.15. The summed E-state index contributed by atoms with van der Waals surface area (Å²) in [4.78, 5) is 12.8. The molecule has 6 nitrogen and oxygen atoms in total. The van der Waals surface area contributed by atoms with Gasteiger partial charge in [-0.2, -0.15) is 5.10 Å². The molecule has 0 fully saturated rings. The Morgan fingerprint density at radius 2 is 1.72 bits per heavy atom. The van der Waals surface area contributed by atoms with Crippen molar-refractivity contribution in [2.24, 2.45) is 5.10 Å². The van der Waals surface area contributed by atoms with E-state index in [-0.39, 0.29) is 4.90 Å². The van der Waals surface area contributed by atoms with Crippen LogP contribution in [-0.2, 0) is 14.8 Å². The Kier molecular flexibility index (Phi) is 8.07. The van der Waals surface area contributed by atoms with Gasteiger partial charge in [-0.05, 0) is 90.5 Å². The van der Waals surface area contributed by atoms with Crippen LogP contribution in [0.3, 0.4) is 0 Å². The molecule has 0 radical (unpaired) electrons. The Labute approximate surface area is 210 Å². The van der Waals surface area contributed by atoms with Crippen LogP contribution >= 0.6 is 38.5 Å². The van der Waals surface area contributed by atoms with E-state index in [4.69, 9.17) is 0 Å². The standard InChI is InChI=1S/C23H21BrIN3O3S/c1-16-6-12-22(13-7-16)32(30,31)28(21-10-8-19(24)9-11-21)15-23(29)27-26-17(2)18-4-3-5-20(25)14-18/h3-14H,15H2,1-2H3,(H,27,29)/b26-17-. The number of benzene rings is 3. The van der Waals surface area contributed by atoms with E-state index in [1.165, 1.54) is 12.1 Å². The number of sulfonamides is 1. The molecule has 0 atom stereocenters. The van der Waals surface area contributed by atoms with Crippen molar-refractivity contribution in [3.05, 3.63) is 92.0 Å². The zero-order chi connectivity index (χ0) is 23.3. The molecule has 0 aliphatic carbocycles. The summed E-state index contributed by atoms with van der Waals surface area (Å²) in [5.74, 6) is -0.548. The molecule has 3 rings (SSSR count). The molecule has 0 aliphatic heterocycles. The molecule has 0 aliphatic rings. The van der Waals surface area contributed by atoms with Gasteiger partial charge in [0, 0.05) is 8.04 Å². The topological polar surface area (TPSA) is 78.8 Å². The number of anilines is 1. The second kappa shape index (κ2) is 10.6. The number of aryl methyl sites for hydroxylation is 1. The molecule has 3 aromatic rings. The van der Waals surface area contributed by atoms with Crippen molar-refractivity contribution in [3.8, 4) is 0 Å². The number of carbonyl (C=O) groups is 1. The summed E-state index contributed by atoms with van der Waals surface area (Å²) in [6.45, 7) is 3.24. The normalized spacial score (nSPS) is 11.8. The van der Waals surface area contributed by atoms with Crippen LogP contribution in [0.1, 0.15) is 18.1 Å². The van der Waals surface area contributed by atoms with Crippen molar-refractivity contribution in [2.75, 3.05) is 10.8 Å². The number of nitrogens with zero attached hydrogens (tertiary/aromatic N) is 2. The van der Waals surface area contributed by atoms with E-state index in [2.05, 4.69) is 49.0 Å². The molecular weight excluding hydrogens is 605 g/mol. The predicted molar refractivity (Wildman–Crippen MR) is 139 cm³/mol. The number of nitrogens with one attached hydrogen (secondary N) is 1. The third-order valence-corrected chi connectivity index (χ3v) is 7.59. The lowest BCUT2D eigenvalue weighted by Crippen LogP contribution is -2.39. The van der Waals surface area contributed by atoms with Crippen LogP contribution in [0.2, 0.25) is 0 Å². The zero-order valence-corrected chi connectivity index (χ0v) is 22.0. The van der Waals surface area contributed by atoms with Gasteiger partial charge in [0.05, 0.1) is 16.3 Å². The summed E-state index contributed by atoms with van der Waals surface area (Å²) in [6.07, 6.45) is 0. The zero-order valence-electron chi connectivity index (χ0n) is 17.4. The van der Waals surface area contributed by atoms with Crippen LogP contribution in [0.4, 0.5) is 5.69 Å². The van der Waals surface area contributed by atoms with Gasteiger partial charge in [-0.1, -0.05) is 45.8 Å². The van der Waals surface area contributed by atoms with Gasteiger partial charge in [0.15, 0.2) is 0 Å². The van der Waals surface area contributed by atoms with Gasteiger partial charge < -0.3 is 0 Å². The number of halogens is 2. The van der Waals surface area contributed by atoms with Gasteiger partial charge >= 0.3 is 0 Å². The lowest BCUT2D eigenvalue weighted by Gasteiger charge is -2.24.